The van der Waals surface area contributed by atoms with Gasteiger partial charge in [-0.2, -0.15) is 0 Å². The maximum Gasteiger partial charge on any atom is 0.250 e. The summed E-state index contributed by atoms with van der Waals surface area (Å²) in [7, 11) is -3.62. The summed E-state index contributed by atoms with van der Waals surface area (Å²) in [5.41, 5.74) is 1.54. The molecule has 0 spiro atoms. The lowest BCUT2D eigenvalue weighted by Crippen LogP contribution is -2.43. The molecule has 0 bridgehead atoms. The van der Waals surface area contributed by atoms with Gasteiger partial charge in [0.1, 0.15) is 17.8 Å². The summed E-state index contributed by atoms with van der Waals surface area (Å²) >= 11 is 6.94. The van der Waals surface area contributed by atoms with Gasteiger partial charge in [0.25, 0.3) is 16.6 Å². The highest BCUT2D eigenvalue weighted by Gasteiger charge is 2.40. The van der Waals surface area contributed by atoms with Crippen molar-refractivity contribution in [2.75, 3.05) is 0 Å². The Labute approximate surface area is 225 Å². The van der Waals surface area contributed by atoms with Crippen LogP contribution in [0, 0.1) is 0 Å². The van der Waals surface area contributed by atoms with E-state index in [2.05, 4.69) is 99.6 Å². The van der Waals surface area contributed by atoms with E-state index in [4.69, 9.17) is 14.0 Å². The minimum absolute atomic E-state index is 0.0545. The summed E-state index contributed by atoms with van der Waals surface area (Å²) in [5, 5.41) is 9.41. The number of halogens is 2. The second kappa shape index (κ2) is 11.9. The van der Waals surface area contributed by atoms with E-state index in [0.29, 0.717) is 5.56 Å². The van der Waals surface area contributed by atoms with Crippen LogP contribution in [0.15, 0.2) is 45.3 Å². The number of aliphatic hydroxyl groups is 1. The molecule has 1 N–H and O–H groups in total. The second-order valence-corrected chi connectivity index (χ2v) is 22.6. The van der Waals surface area contributed by atoms with Crippen LogP contribution in [-0.4, -0.2) is 28.0 Å². The van der Waals surface area contributed by atoms with E-state index in [0.717, 1.165) is 32.3 Å². The molecule has 2 aromatic carbocycles. The topological polar surface area (TPSA) is 55.8 Å². The number of carbonyl (C=O) groups is 1. The molecule has 0 amide bonds. The van der Waals surface area contributed by atoms with E-state index in [1.165, 1.54) is 0 Å². The van der Waals surface area contributed by atoms with Gasteiger partial charge in [-0.25, -0.2) is 0 Å². The van der Waals surface area contributed by atoms with Gasteiger partial charge in [0.2, 0.25) is 0 Å². The lowest BCUT2D eigenvalue weighted by molar-refractivity contribution is 0.112. The van der Waals surface area contributed by atoms with E-state index >= 15 is 0 Å². The quantitative estimate of drug-likeness (QED) is 0.255. The third-order valence-electron chi connectivity index (χ3n) is 6.61. The summed E-state index contributed by atoms with van der Waals surface area (Å²) in [6.45, 7) is 22.2. The molecule has 190 valence electrons. The summed E-state index contributed by atoms with van der Waals surface area (Å²) in [5.74, 6) is 1.69. The molecule has 0 aliphatic heterocycles. The third kappa shape index (κ3) is 8.62. The van der Waals surface area contributed by atoms with E-state index in [9.17, 15) is 4.79 Å². The molecule has 34 heavy (non-hydrogen) atoms. The molecule has 4 nitrogen and oxygen atoms in total. The molecule has 0 aliphatic carbocycles. The van der Waals surface area contributed by atoms with Crippen molar-refractivity contribution in [1.29, 1.82) is 0 Å². The average molecular weight is 633 g/mol. The van der Waals surface area contributed by atoms with Gasteiger partial charge in [0, 0.05) is 5.56 Å². The Bertz CT molecular complexity index is 978. The van der Waals surface area contributed by atoms with Crippen LogP contribution in [0.3, 0.4) is 0 Å². The van der Waals surface area contributed by atoms with E-state index in [-0.39, 0.29) is 16.7 Å². The number of rotatable bonds is 6. The molecule has 0 unspecified atom stereocenters. The van der Waals surface area contributed by atoms with Crippen LogP contribution >= 0.6 is 31.9 Å². The first-order chi connectivity index (χ1) is 15.3. The van der Waals surface area contributed by atoms with Crippen LogP contribution in [0.1, 0.15) is 57.5 Å². The lowest BCUT2D eigenvalue weighted by Gasteiger charge is -2.36. The van der Waals surface area contributed by atoms with Gasteiger partial charge in [-0.15, -0.1) is 0 Å². The van der Waals surface area contributed by atoms with Crippen molar-refractivity contribution in [3.63, 3.8) is 0 Å². The van der Waals surface area contributed by atoms with Crippen LogP contribution in [0.4, 0.5) is 0 Å². The van der Waals surface area contributed by atoms with Gasteiger partial charge < -0.3 is 14.0 Å². The summed E-state index contributed by atoms with van der Waals surface area (Å²) in [6, 6.07) is 11.1. The normalized spacial score (nSPS) is 12.5. The first-order valence-corrected chi connectivity index (χ1v) is 18.8. The molecule has 2 rings (SSSR count). The zero-order chi connectivity index (χ0) is 26.5. The van der Waals surface area contributed by atoms with Crippen LogP contribution < -0.4 is 8.85 Å². The summed E-state index contributed by atoms with van der Waals surface area (Å²) < 4.78 is 14.1. The fourth-order valence-electron chi connectivity index (χ4n) is 2.25. The first kappa shape index (κ1) is 31.1. The number of aliphatic hydroxyl groups excluding tert-OH is 1. The van der Waals surface area contributed by atoms with Gasteiger partial charge in [-0.05, 0) is 104 Å². The molecule has 0 saturated heterocycles. The molecule has 0 aliphatic rings. The summed E-state index contributed by atoms with van der Waals surface area (Å²) in [4.78, 5) is 10.7. The molecule has 0 saturated carbocycles. The van der Waals surface area contributed by atoms with Crippen molar-refractivity contribution in [1.82, 2.24) is 0 Å². The molecule has 0 atom stereocenters. The number of carbonyl (C=O) groups excluding carboxylic acids is 1. The molecule has 0 radical (unpaired) electrons. The monoisotopic (exact) mass is 630 g/mol. The second-order valence-electron chi connectivity index (χ2n) is 11.5. The van der Waals surface area contributed by atoms with Gasteiger partial charge in [0.05, 0.1) is 15.6 Å². The molecule has 0 fully saturated rings. The molecule has 0 aromatic heterocycles. The summed E-state index contributed by atoms with van der Waals surface area (Å²) in [6.07, 6.45) is 0.834. The molecule has 2 aromatic rings. The number of benzene rings is 2. The van der Waals surface area contributed by atoms with E-state index < -0.39 is 16.6 Å². The minimum Gasteiger partial charge on any atom is -0.543 e. The zero-order valence-corrected chi connectivity index (χ0v) is 27.3. The van der Waals surface area contributed by atoms with Gasteiger partial charge in [-0.1, -0.05) is 47.6 Å². The highest BCUT2D eigenvalue weighted by atomic mass is 79.9. The van der Waals surface area contributed by atoms with Gasteiger partial charge >= 0.3 is 0 Å². The standard InChI is InChI=1S/C13H21BrO2Si.C13H19BrO2Si/c2*1-13(2,3)17(4,5)16-12-7-6-10(9-15)8-11(12)14/h6-8,15H,9H2,1-5H3;6-9H,1-5H3. The van der Waals surface area contributed by atoms with Crippen LogP contribution in [0.2, 0.25) is 36.3 Å². The number of aldehydes is 1. The highest BCUT2D eigenvalue weighted by Crippen LogP contribution is 2.40. The van der Waals surface area contributed by atoms with Crippen LogP contribution in [0.25, 0.3) is 0 Å². The Hall–Kier alpha value is -0.936. The van der Waals surface area contributed by atoms with Gasteiger partial charge in [-0.3, -0.25) is 4.79 Å². The van der Waals surface area contributed by atoms with Crippen molar-refractivity contribution in [2.45, 2.75) is 84.4 Å². The lowest BCUT2D eigenvalue weighted by atomic mass is 10.2. The Morgan fingerprint density at radius 3 is 1.53 bits per heavy atom. The first-order valence-electron chi connectivity index (χ1n) is 11.4. The predicted molar refractivity (Wildman–Crippen MR) is 155 cm³/mol. The predicted octanol–water partition coefficient (Wildman–Crippen LogP) is 8.97. The fraction of sp³-hybridized carbons (Fsp3) is 0.500. The van der Waals surface area contributed by atoms with Gasteiger partial charge in [0.15, 0.2) is 0 Å². The van der Waals surface area contributed by atoms with Crippen molar-refractivity contribution in [3.05, 3.63) is 56.5 Å². The minimum atomic E-state index is -1.82. The molecule has 0 heterocycles. The SMILES string of the molecule is CC(C)(C)[Si](C)(C)Oc1ccc(C=O)cc1Br.CC(C)(C)[Si](C)(C)Oc1ccc(CO)cc1Br. The largest absolute Gasteiger partial charge is 0.543 e. The van der Waals surface area contributed by atoms with Crippen LogP contribution in [-0.2, 0) is 6.61 Å². The van der Waals surface area contributed by atoms with Crippen LogP contribution in [0.5, 0.6) is 11.5 Å². The zero-order valence-electron chi connectivity index (χ0n) is 22.2. The Morgan fingerprint density at radius 2 is 1.21 bits per heavy atom. The number of hydrogen-bond donors (Lipinski definition) is 1. The Morgan fingerprint density at radius 1 is 0.794 bits per heavy atom. The van der Waals surface area contributed by atoms with Crippen molar-refractivity contribution in [2.24, 2.45) is 0 Å². The molecular formula is C26H40Br2O4Si2. The highest BCUT2D eigenvalue weighted by molar-refractivity contribution is 9.10. The maximum atomic E-state index is 10.7. The van der Waals surface area contributed by atoms with E-state index in [1.54, 1.807) is 12.1 Å². The number of hydrogen-bond acceptors (Lipinski definition) is 4. The van der Waals surface area contributed by atoms with Crippen molar-refractivity contribution >= 4 is 54.8 Å². The Balaban J connectivity index is 0.000000340. The molecular weight excluding hydrogens is 592 g/mol. The smallest absolute Gasteiger partial charge is 0.250 e. The maximum absolute atomic E-state index is 10.7. The molecule has 8 heteroatoms. The fourth-order valence-corrected chi connectivity index (χ4v) is 5.61. The van der Waals surface area contributed by atoms with Crippen molar-refractivity contribution in [3.8, 4) is 11.5 Å². The van der Waals surface area contributed by atoms with Crippen molar-refractivity contribution < 1.29 is 18.8 Å². The van der Waals surface area contributed by atoms with E-state index in [1.807, 2.05) is 24.3 Å². The average Bonchev–Trinajstić information content (AvgIpc) is 2.69. The third-order valence-corrected chi connectivity index (χ3v) is 16.5. The Kier molecular flexibility index (Phi) is 10.9.